The van der Waals surface area contributed by atoms with Gasteiger partial charge in [-0.2, -0.15) is 0 Å². The van der Waals surface area contributed by atoms with Crippen molar-refractivity contribution in [1.82, 2.24) is 10.2 Å². The van der Waals surface area contributed by atoms with Gasteiger partial charge in [-0.05, 0) is 46.2 Å². The normalized spacial score (nSPS) is 11.9. The number of nitrogens with zero attached hydrogens (tertiary/aromatic N) is 2. The second kappa shape index (κ2) is 10.8. The lowest BCUT2D eigenvalue weighted by Crippen LogP contribution is -2.53. The van der Waals surface area contributed by atoms with Crippen LogP contribution in [0, 0.1) is 17.0 Å². The number of amides is 2. The zero-order valence-corrected chi connectivity index (χ0v) is 19.9. The van der Waals surface area contributed by atoms with E-state index in [1.807, 2.05) is 52.0 Å². The van der Waals surface area contributed by atoms with Crippen LogP contribution >= 0.6 is 0 Å². The van der Waals surface area contributed by atoms with Gasteiger partial charge in [0.2, 0.25) is 11.7 Å². The number of hydrogen-bond acceptors (Lipinski definition) is 6. The summed E-state index contributed by atoms with van der Waals surface area (Å²) in [6.07, 6.45) is 0. The topological polar surface area (TPSA) is 111 Å². The predicted octanol–water partition coefficient (Wildman–Crippen LogP) is 3.62. The third-order valence-electron chi connectivity index (χ3n) is 4.85. The Hall–Kier alpha value is -3.62. The monoisotopic (exact) mass is 457 g/mol. The molecule has 0 aliphatic rings. The Labute approximate surface area is 193 Å². The van der Waals surface area contributed by atoms with Crippen molar-refractivity contribution in [1.29, 1.82) is 0 Å². The van der Waals surface area contributed by atoms with Crippen LogP contribution in [-0.4, -0.2) is 46.9 Å². The largest absolute Gasteiger partial charge is 0.490 e. The molecule has 0 saturated heterocycles. The second-order valence-electron chi connectivity index (χ2n) is 8.80. The number of benzene rings is 2. The summed E-state index contributed by atoms with van der Waals surface area (Å²) in [5.74, 6) is -0.406. The average Bonchev–Trinajstić information content (AvgIpc) is 2.75. The molecule has 0 radical (unpaired) electrons. The Kier molecular flexibility index (Phi) is 8.39. The van der Waals surface area contributed by atoms with Gasteiger partial charge in [0.25, 0.3) is 5.91 Å². The number of aryl methyl sites for hydroxylation is 1. The summed E-state index contributed by atoms with van der Waals surface area (Å²) in [6, 6.07) is 11.0. The maximum Gasteiger partial charge on any atom is 0.311 e. The Morgan fingerprint density at radius 3 is 2.33 bits per heavy atom. The minimum absolute atomic E-state index is 0.0272. The maximum atomic E-state index is 13.1. The molecule has 0 saturated carbocycles. The summed E-state index contributed by atoms with van der Waals surface area (Å²) < 4.78 is 10.6. The van der Waals surface area contributed by atoms with E-state index in [2.05, 4.69) is 5.32 Å². The molecule has 1 unspecified atom stereocenters. The van der Waals surface area contributed by atoms with Gasteiger partial charge in [0, 0.05) is 24.2 Å². The third kappa shape index (κ3) is 7.48. The van der Waals surface area contributed by atoms with Crippen molar-refractivity contribution in [2.75, 3.05) is 13.7 Å². The van der Waals surface area contributed by atoms with Crippen LogP contribution in [0.4, 0.5) is 5.69 Å². The van der Waals surface area contributed by atoms with E-state index in [0.717, 1.165) is 11.1 Å². The first-order valence-corrected chi connectivity index (χ1v) is 10.5. The molecule has 0 heterocycles. The quantitative estimate of drug-likeness (QED) is 0.455. The van der Waals surface area contributed by atoms with Gasteiger partial charge in [0.05, 0.1) is 12.0 Å². The number of nitro groups is 1. The number of ether oxygens (including phenoxy) is 2. The van der Waals surface area contributed by atoms with E-state index in [0.29, 0.717) is 0 Å². The Morgan fingerprint density at radius 2 is 1.79 bits per heavy atom. The molecule has 9 heteroatoms. The van der Waals surface area contributed by atoms with Crippen LogP contribution < -0.4 is 14.8 Å². The van der Waals surface area contributed by atoms with Crippen molar-refractivity contribution in [2.24, 2.45) is 0 Å². The molecule has 2 amide bonds. The van der Waals surface area contributed by atoms with Crippen LogP contribution in [0.15, 0.2) is 42.5 Å². The molecule has 2 aromatic carbocycles. The third-order valence-corrected chi connectivity index (χ3v) is 4.85. The fourth-order valence-electron chi connectivity index (χ4n) is 3.07. The van der Waals surface area contributed by atoms with Crippen molar-refractivity contribution in [3.05, 3.63) is 63.7 Å². The molecule has 0 aromatic heterocycles. The predicted molar refractivity (Wildman–Crippen MR) is 124 cm³/mol. The molecule has 0 spiro atoms. The molecule has 2 aromatic rings. The van der Waals surface area contributed by atoms with Crippen LogP contribution in [0.25, 0.3) is 0 Å². The van der Waals surface area contributed by atoms with Gasteiger partial charge in [-0.15, -0.1) is 0 Å². The molecule has 0 aliphatic carbocycles. The minimum Gasteiger partial charge on any atom is -0.490 e. The number of hydrogen-bond donors (Lipinski definition) is 1. The molecular weight excluding hydrogens is 426 g/mol. The summed E-state index contributed by atoms with van der Waals surface area (Å²) >= 11 is 0. The molecule has 33 heavy (non-hydrogen) atoms. The van der Waals surface area contributed by atoms with Crippen LogP contribution in [0.5, 0.6) is 11.5 Å². The molecule has 1 atom stereocenters. The molecule has 0 bridgehead atoms. The van der Waals surface area contributed by atoms with Crippen LogP contribution in [0.1, 0.15) is 38.8 Å². The van der Waals surface area contributed by atoms with E-state index in [-0.39, 0.29) is 36.2 Å². The first kappa shape index (κ1) is 25.6. The van der Waals surface area contributed by atoms with Crippen molar-refractivity contribution >= 4 is 17.5 Å². The summed E-state index contributed by atoms with van der Waals surface area (Å²) in [5, 5.41) is 14.0. The fraction of sp³-hybridized carbons (Fsp3) is 0.417. The van der Waals surface area contributed by atoms with Gasteiger partial charge < -0.3 is 19.7 Å². The fourth-order valence-corrected chi connectivity index (χ4v) is 3.07. The highest BCUT2D eigenvalue weighted by Gasteiger charge is 2.29. The number of rotatable bonds is 9. The van der Waals surface area contributed by atoms with Gasteiger partial charge in [-0.25, -0.2) is 0 Å². The average molecular weight is 458 g/mol. The Morgan fingerprint density at radius 1 is 1.15 bits per heavy atom. The Bertz CT molecular complexity index is 998. The van der Waals surface area contributed by atoms with Crippen molar-refractivity contribution in [2.45, 2.75) is 52.7 Å². The lowest BCUT2D eigenvalue weighted by Gasteiger charge is -2.31. The highest BCUT2D eigenvalue weighted by Crippen LogP contribution is 2.30. The molecule has 178 valence electrons. The van der Waals surface area contributed by atoms with E-state index >= 15 is 0 Å². The van der Waals surface area contributed by atoms with E-state index in [9.17, 15) is 19.7 Å². The number of carbonyl (C=O) groups excluding carboxylic acids is 2. The zero-order valence-electron chi connectivity index (χ0n) is 19.9. The van der Waals surface area contributed by atoms with Gasteiger partial charge in [-0.1, -0.05) is 29.8 Å². The highest BCUT2D eigenvalue weighted by atomic mass is 16.6. The summed E-state index contributed by atoms with van der Waals surface area (Å²) in [4.78, 5) is 37.8. The standard InChI is InChI=1S/C24H31N3O6/c1-16-7-9-18(10-8-16)14-26(17(2)23(29)25-24(3,4)5)22(28)15-33-19-11-12-20(27(30)31)21(13-19)32-6/h7-13,17H,14-15H2,1-6H3,(H,25,29). The van der Waals surface area contributed by atoms with Gasteiger partial charge >= 0.3 is 5.69 Å². The van der Waals surface area contributed by atoms with Crippen molar-refractivity contribution in [3.63, 3.8) is 0 Å². The van der Waals surface area contributed by atoms with Gasteiger partial charge in [0.15, 0.2) is 6.61 Å². The van der Waals surface area contributed by atoms with E-state index in [4.69, 9.17) is 9.47 Å². The smallest absolute Gasteiger partial charge is 0.311 e. The summed E-state index contributed by atoms with van der Waals surface area (Å²) in [7, 11) is 1.32. The molecular formula is C24H31N3O6. The molecule has 0 fully saturated rings. The van der Waals surface area contributed by atoms with Crippen molar-refractivity contribution < 1.29 is 24.0 Å². The first-order chi connectivity index (χ1) is 15.4. The number of nitro benzene ring substituents is 1. The van der Waals surface area contributed by atoms with Crippen LogP contribution in [0.2, 0.25) is 0 Å². The Balaban J connectivity index is 2.21. The highest BCUT2D eigenvalue weighted by molar-refractivity contribution is 5.88. The van der Waals surface area contributed by atoms with E-state index in [1.165, 1.54) is 30.2 Å². The van der Waals surface area contributed by atoms with Crippen LogP contribution in [0.3, 0.4) is 0 Å². The van der Waals surface area contributed by atoms with Crippen LogP contribution in [-0.2, 0) is 16.1 Å². The first-order valence-electron chi connectivity index (χ1n) is 10.5. The minimum atomic E-state index is -0.743. The van der Waals surface area contributed by atoms with Crippen molar-refractivity contribution in [3.8, 4) is 11.5 Å². The molecule has 2 rings (SSSR count). The number of carbonyl (C=O) groups is 2. The van der Waals surface area contributed by atoms with E-state index < -0.39 is 22.4 Å². The van der Waals surface area contributed by atoms with E-state index in [1.54, 1.807) is 6.92 Å². The molecule has 1 N–H and O–H groups in total. The second-order valence-corrected chi connectivity index (χ2v) is 8.80. The SMILES string of the molecule is COc1cc(OCC(=O)N(Cc2ccc(C)cc2)C(C)C(=O)NC(C)(C)C)ccc1[N+](=O)[O-]. The molecule has 9 nitrogen and oxygen atoms in total. The number of methoxy groups -OCH3 is 1. The van der Waals surface area contributed by atoms with Gasteiger partial charge in [-0.3, -0.25) is 19.7 Å². The number of nitrogens with one attached hydrogen (secondary N) is 1. The lowest BCUT2D eigenvalue weighted by molar-refractivity contribution is -0.385. The summed E-state index contributed by atoms with van der Waals surface area (Å²) in [5.41, 5.74) is 1.31. The molecule has 0 aliphatic heterocycles. The lowest BCUT2D eigenvalue weighted by atomic mass is 10.1. The van der Waals surface area contributed by atoms with Gasteiger partial charge in [0.1, 0.15) is 11.8 Å². The maximum absolute atomic E-state index is 13.1. The summed E-state index contributed by atoms with van der Waals surface area (Å²) in [6.45, 7) is 9.13. The zero-order chi connectivity index (χ0) is 24.8.